The topological polar surface area (TPSA) is 39.2 Å². The van der Waals surface area contributed by atoms with Crippen molar-refractivity contribution in [3.63, 3.8) is 0 Å². The van der Waals surface area contributed by atoms with Crippen molar-refractivity contribution in [1.82, 2.24) is 4.98 Å². The minimum atomic E-state index is -0.396. The highest BCUT2D eigenvalue weighted by Gasteiger charge is 2.27. The minimum absolute atomic E-state index is 0.240. The van der Waals surface area contributed by atoms with Crippen LogP contribution in [0.2, 0.25) is 0 Å². The summed E-state index contributed by atoms with van der Waals surface area (Å²) in [5, 5.41) is 2.69. The van der Waals surface area contributed by atoms with E-state index >= 15 is 0 Å². The molecule has 1 unspecified atom stereocenters. The van der Waals surface area contributed by atoms with E-state index in [1.807, 2.05) is 11.4 Å². The van der Waals surface area contributed by atoms with Gasteiger partial charge in [0.1, 0.15) is 10.9 Å². The zero-order valence-electron chi connectivity index (χ0n) is 11.5. The largest absolute Gasteiger partial charge is 0.468 e. The van der Waals surface area contributed by atoms with E-state index in [0.717, 1.165) is 23.4 Å². The van der Waals surface area contributed by atoms with Gasteiger partial charge in [-0.25, -0.2) is 4.98 Å². The number of ether oxygens (including phenoxy) is 1. The molecule has 0 amide bonds. The van der Waals surface area contributed by atoms with E-state index in [2.05, 4.69) is 17.1 Å². The fourth-order valence-electron chi connectivity index (χ4n) is 2.81. The first-order valence-corrected chi connectivity index (χ1v) is 7.76. The van der Waals surface area contributed by atoms with Gasteiger partial charge in [-0.15, -0.1) is 11.3 Å². The third kappa shape index (κ3) is 2.48. The SMILES string of the molecule is COC(=O)C(c1ccc2c(c1)CCCC2)c1nccs1. The average molecular weight is 287 g/mol. The number of nitrogens with zero attached hydrogens (tertiary/aromatic N) is 1. The Bertz CT molecular complexity index is 607. The van der Waals surface area contributed by atoms with Crippen molar-refractivity contribution in [3.8, 4) is 0 Å². The summed E-state index contributed by atoms with van der Waals surface area (Å²) in [4.78, 5) is 16.4. The fourth-order valence-corrected chi connectivity index (χ4v) is 3.56. The number of esters is 1. The van der Waals surface area contributed by atoms with Crippen LogP contribution < -0.4 is 0 Å². The first-order chi connectivity index (χ1) is 9.79. The van der Waals surface area contributed by atoms with Crippen LogP contribution in [0.3, 0.4) is 0 Å². The molecule has 0 saturated carbocycles. The molecule has 1 heterocycles. The summed E-state index contributed by atoms with van der Waals surface area (Å²) in [5.41, 5.74) is 3.79. The lowest BCUT2D eigenvalue weighted by molar-refractivity contribution is -0.141. The van der Waals surface area contributed by atoms with Crippen molar-refractivity contribution >= 4 is 17.3 Å². The number of rotatable bonds is 3. The number of aryl methyl sites for hydroxylation is 2. The monoisotopic (exact) mass is 287 g/mol. The van der Waals surface area contributed by atoms with E-state index in [4.69, 9.17) is 4.74 Å². The maximum atomic E-state index is 12.1. The Labute approximate surface area is 122 Å². The van der Waals surface area contributed by atoms with Gasteiger partial charge in [0.25, 0.3) is 0 Å². The normalized spacial score (nSPS) is 15.4. The Balaban J connectivity index is 2.01. The molecule has 3 rings (SSSR count). The quantitative estimate of drug-likeness (QED) is 0.813. The van der Waals surface area contributed by atoms with Crippen LogP contribution in [-0.4, -0.2) is 18.1 Å². The van der Waals surface area contributed by atoms with Crippen molar-refractivity contribution in [2.75, 3.05) is 7.11 Å². The first kappa shape index (κ1) is 13.3. The smallest absolute Gasteiger partial charge is 0.320 e. The molecule has 0 radical (unpaired) electrons. The number of fused-ring (bicyclic) bond motifs is 1. The second-order valence-electron chi connectivity index (χ2n) is 5.06. The molecule has 3 nitrogen and oxygen atoms in total. The lowest BCUT2D eigenvalue weighted by atomic mass is 9.87. The molecule has 0 bridgehead atoms. The standard InChI is InChI=1S/C16H17NO2S/c1-19-16(18)14(15-17-8-9-20-15)13-7-6-11-4-2-3-5-12(11)10-13/h6-10,14H,2-5H2,1H3. The van der Waals surface area contributed by atoms with Crippen LogP contribution in [-0.2, 0) is 22.4 Å². The number of hydrogen-bond donors (Lipinski definition) is 0. The van der Waals surface area contributed by atoms with Crippen LogP contribution in [0.1, 0.15) is 40.5 Å². The van der Waals surface area contributed by atoms with Crippen LogP contribution in [0, 0.1) is 0 Å². The molecule has 1 aliphatic carbocycles. The van der Waals surface area contributed by atoms with E-state index in [-0.39, 0.29) is 5.97 Å². The third-order valence-electron chi connectivity index (χ3n) is 3.84. The number of thiazole rings is 1. The van der Waals surface area contributed by atoms with Crippen molar-refractivity contribution in [1.29, 1.82) is 0 Å². The Morgan fingerprint density at radius 2 is 2.10 bits per heavy atom. The van der Waals surface area contributed by atoms with E-state index in [9.17, 15) is 4.79 Å². The number of carbonyl (C=O) groups excluding carboxylic acids is 1. The van der Waals surface area contributed by atoms with Gasteiger partial charge in [-0.1, -0.05) is 18.2 Å². The molecule has 1 aromatic carbocycles. The molecule has 2 aromatic rings. The van der Waals surface area contributed by atoms with Crippen molar-refractivity contribution in [3.05, 3.63) is 51.5 Å². The molecule has 0 fully saturated rings. The summed E-state index contributed by atoms with van der Waals surface area (Å²) in [5.74, 6) is -0.636. The number of aromatic nitrogens is 1. The van der Waals surface area contributed by atoms with Gasteiger partial charge in [0.15, 0.2) is 0 Å². The minimum Gasteiger partial charge on any atom is -0.468 e. The lowest BCUT2D eigenvalue weighted by Gasteiger charge is -2.19. The predicted octanol–water partition coefficient (Wildman–Crippen LogP) is 3.33. The molecule has 0 spiro atoms. The van der Waals surface area contributed by atoms with Crippen molar-refractivity contribution in [2.45, 2.75) is 31.6 Å². The highest BCUT2D eigenvalue weighted by molar-refractivity contribution is 7.09. The second kappa shape index (κ2) is 5.75. The molecule has 0 aliphatic heterocycles. The zero-order chi connectivity index (χ0) is 13.9. The van der Waals surface area contributed by atoms with Crippen LogP contribution in [0.5, 0.6) is 0 Å². The highest BCUT2D eigenvalue weighted by atomic mass is 32.1. The van der Waals surface area contributed by atoms with Gasteiger partial charge < -0.3 is 4.74 Å². The summed E-state index contributed by atoms with van der Waals surface area (Å²) in [7, 11) is 1.43. The Kier molecular flexibility index (Phi) is 3.83. The maximum Gasteiger partial charge on any atom is 0.320 e. The van der Waals surface area contributed by atoms with Crippen LogP contribution >= 0.6 is 11.3 Å². The molecular formula is C16H17NO2S. The average Bonchev–Trinajstić information content (AvgIpc) is 3.01. The number of carbonyl (C=O) groups is 1. The van der Waals surface area contributed by atoms with Gasteiger partial charge in [0.05, 0.1) is 7.11 Å². The fraction of sp³-hybridized carbons (Fsp3) is 0.375. The third-order valence-corrected chi connectivity index (χ3v) is 4.68. The summed E-state index contributed by atoms with van der Waals surface area (Å²) in [6.07, 6.45) is 6.48. The van der Waals surface area contributed by atoms with E-state index in [1.165, 1.54) is 42.4 Å². The molecule has 20 heavy (non-hydrogen) atoms. The summed E-state index contributed by atoms with van der Waals surface area (Å²) >= 11 is 1.50. The highest BCUT2D eigenvalue weighted by Crippen LogP contribution is 2.31. The van der Waals surface area contributed by atoms with E-state index in [1.54, 1.807) is 6.20 Å². The molecule has 1 atom stereocenters. The Hall–Kier alpha value is -1.68. The van der Waals surface area contributed by atoms with E-state index in [0.29, 0.717) is 0 Å². The Morgan fingerprint density at radius 1 is 1.30 bits per heavy atom. The van der Waals surface area contributed by atoms with Gasteiger partial charge in [-0.05, 0) is 42.4 Å². The summed E-state index contributed by atoms with van der Waals surface area (Å²) in [6, 6.07) is 6.37. The van der Waals surface area contributed by atoms with Gasteiger partial charge in [-0.2, -0.15) is 0 Å². The first-order valence-electron chi connectivity index (χ1n) is 6.88. The van der Waals surface area contributed by atoms with Gasteiger partial charge >= 0.3 is 5.97 Å². The lowest BCUT2D eigenvalue weighted by Crippen LogP contribution is -2.16. The summed E-state index contributed by atoms with van der Waals surface area (Å²) < 4.78 is 4.96. The number of hydrogen-bond acceptors (Lipinski definition) is 4. The van der Waals surface area contributed by atoms with Gasteiger partial charge in [-0.3, -0.25) is 4.79 Å². The molecule has 104 valence electrons. The van der Waals surface area contributed by atoms with Crippen LogP contribution in [0.25, 0.3) is 0 Å². The zero-order valence-corrected chi connectivity index (χ0v) is 12.3. The molecule has 0 N–H and O–H groups in total. The van der Waals surface area contributed by atoms with Gasteiger partial charge in [0, 0.05) is 11.6 Å². The van der Waals surface area contributed by atoms with Crippen LogP contribution in [0.4, 0.5) is 0 Å². The Morgan fingerprint density at radius 3 is 2.80 bits per heavy atom. The molecular weight excluding hydrogens is 270 g/mol. The maximum absolute atomic E-state index is 12.1. The van der Waals surface area contributed by atoms with E-state index < -0.39 is 5.92 Å². The molecule has 1 aliphatic rings. The molecule has 1 aromatic heterocycles. The van der Waals surface area contributed by atoms with Crippen LogP contribution in [0.15, 0.2) is 29.8 Å². The van der Waals surface area contributed by atoms with Gasteiger partial charge in [0.2, 0.25) is 0 Å². The van der Waals surface area contributed by atoms with Crippen molar-refractivity contribution < 1.29 is 9.53 Å². The number of benzene rings is 1. The van der Waals surface area contributed by atoms with Crippen molar-refractivity contribution in [2.24, 2.45) is 0 Å². The molecule has 4 heteroatoms. The molecule has 0 saturated heterocycles. The second-order valence-corrected chi connectivity index (χ2v) is 5.99. The summed E-state index contributed by atoms with van der Waals surface area (Å²) in [6.45, 7) is 0. The number of methoxy groups -OCH3 is 1. The predicted molar refractivity (Wildman–Crippen MR) is 79.1 cm³/mol.